The molecule has 0 saturated carbocycles. The molecule has 1 fully saturated rings. The van der Waals surface area contributed by atoms with Crippen molar-refractivity contribution in [3.63, 3.8) is 0 Å². The van der Waals surface area contributed by atoms with Gasteiger partial charge >= 0.3 is 6.09 Å². The van der Waals surface area contributed by atoms with Crippen LogP contribution in [0.2, 0.25) is 5.02 Å². The molecule has 0 aliphatic carbocycles. The second-order valence-corrected chi connectivity index (χ2v) is 9.99. The van der Waals surface area contributed by atoms with Crippen molar-refractivity contribution < 1.29 is 19.1 Å². The van der Waals surface area contributed by atoms with Gasteiger partial charge < -0.3 is 9.47 Å². The van der Waals surface area contributed by atoms with Gasteiger partial charge in [-0.1, -0.05) is 37.1 Å². The van der Waals surface area contributed by atoms with E-state index in [4.69, 9.17) is 21.1 Å². The van der Waals surface area contributed by atoms with E-state index < -0.39 is 17.6 Å². The van der Waals surface area contributed by atoms with E-state index in [0.29, 0.717) is 10.8 Å². The van der Waals surface area contributed by atoms with Gasteiger partial charge in [-0.25, -0.2) is 4.79 Å². The molecule has 2 heterocycles. The Labute approximate surface area is 212 Å². The van der Waals surface area contributed by atoms with Crippen molar-refractivity contribution in [2.75, 3.05) is 0 Å². The fraction of sp³-hybridized carbons (Fsp3) is 0.222. The Balaban J connectivity index is 1.42. The number of carbonyl (C=O) groups excluding carboxylic acids is 2. The van der Waals surface area contributed by atoms with Crippen molar-refractivity contribution in [2.24, 2.45) is 0 Å². The van der Waals surface area contributed by atoms with Gasteiger partial charge in [0.25, 0.3) is 5.91 Å². The topological polar surface area (TPSA) is 77.5 Å². The Bertz CT molecular complexity index is 1450. The normalized spacial score (nSPS) is 17.5. The summed E-state index contributed by atoms with van der Waals surface area (Å²) in [4.78, 5) is 23.6. The third kappa shape index (κ3) is 4.74. The van der Waals surface area contributed by atoms with Crippen molar-refractivity contribution in [3.05, 3.63) is 76.8 Å². The lowest BCUT2D eigenvalue weighted by Gasteiger charge is -2.19. The summed E-state index contributed by atoms with van der Waals surface area (Å²) in [6.07, 6.45) is 1.35. The first-order valence-electron chi connectivity index (χ1n) is 11.3. The lowest BCUT2D eigenvalue weighted by atomic mass is 9.96. The minimum Gasteiger partial charge on any atom is -0.457 e. The van der Waals surface area contributed by atoms with Gasteiger partial charge in [-0.2, -0.15) is 4.37 Å². The van der Waals surface area contributed by atoms with E-state index >= 15 is 0 Å². The summed E-state index contributed by atoms with van der Waals surface area (Å²) < 4.78 is 17.2. The fourth-order valence-corrected chi connectivity index (χ4v) is 5.34. The smallest absolute Gasteiger partial charge is 0.415 e. The first kappa shape index (κ1) is 23.3. The summed E-state index contributed by atoms with van der Waals surface area (Å²) in [6, 6.07) is 19.4. The summed E-state index contributed by atoms with van der Waals surface area (Å²) in [5, 5.41) is 3.97. The molecular formula is C27H23ClN2O4S. The van der Waals surface area contributed by atoms with Crippen LogP contribution in [0.5, 0.6) is 11.5 Å². The number of cyclic esters (lactones) is 1. The molecule has 0 bridgehead atoms. The number of imide groups is 1. The van der Waals surface area contributed by atoms with Gasteiger partial charge in [-0.15, -0.1) is 0 Å². The van der Waals surface area contributed by atoms with Gasteiger partial charge in [0.15, 0.2) is 5.60 Å². The fourth-order valence-electron chi connectivity index (χ4n) is 4.26. The molecule has 2 amide bonds. The van der Waals surface area contributed by atoms with Crippen molar-refractivity contribution in [3.8, 4) is 22.8 Å². The van der Waals surface area contributed by atoms with Crippen LogP contribution in [-0.4, -0.2) is 22.0 Å². The lowest BCUT2D eigenvalue weighted by Crippen LogP contribution is -2.38. The number of ether oxygens (including phenoxy) is 2. The molecule has 0 spiro atoms. The quantitative estimate of drug-likeness (QED) is 0.294. The zero-order chi connectivity index (χ0) is 24.6. The van der Waals surface area contributed by atoms with Gasteiger partial charge in [-0.05, 0) is 84.5 Å². The van der Waals surface area contributed by atoms with E-state index in [-0.39, 0.29) is 6.42 Å². The number of halogens is 1. The lowest BCUT2D eigenvalue weighted by molar-refractivity contribution is -0.129. The van der Waals surface area contributed by atoms with Crippen LogP contribution in [-0.2, 0) is 22.4 Å². The van der Waals surface area contributed by atoms with Gasteiger partial charge in [0.2, 0.25) is 0 Å². The first-order chi connectivity index (χ1) is 16.8. The first-order valence-corrected chi connectivity index (χ1v) is 12.5. The summed E-state index contributed by atoms with van der Waals surface area (Å²) in [5.41, 5.74) is 2.65. The molecule has 1 saturated heterocycles. The van der Waals surface area contributed by atoms with Crippen molar-refractivity contribution in [2.45, 2.75) is 38.7 Å². The number of carbonyl (C=O) groups is 2. The molecule has 4 aromatic rings. The van der Waals surface area contributed by atoms with Crippen LogP contribution in [0.4, 0.5) is 4.79 Å². The van der Waals surface area contributed by atoms with Gasteiger partial charge in [0.05, 0.1) is 10.4 Å². The van der Waals surface area contributed by atoms with Crippen LogP contribution >= 0.6 is 23.1 Å². The summed E-state index contributed by atoms with van der Waals surface area (Å²) >= 11 is 7.58. The highest BCUT2D eigenvalue weighted by Crippen LogP contribution is 2.36. The van der Waals surface area contributed by atoms with Gasteiger partial charge in [0, 0.05) is 22.4 Å². The van der Waals surface area contributed by atoms with E-state index in [1.54, 1.807) is 6.92 Å². The van der Waals surface area contributed by atoms with Crippen LogP contribution in [0, 0.1) is 0 Å². The molecule has 0 radical (unpaired) electrons. The maximum Gasteiger partial charge on any atom is 0.415 e. The molecule has 1 aromatic heterocycles. The van der Waals surface area contributed by atoms with Crippen molar-refractivity contribution in [1.29, 1.82) is 0 Å². The molecule has 1 aliphatic heterocycles. The Morgan fingerprint density at radius 2 is 1.97 bits per heavy atom. The van der Waals surface area contributed by atoms with E-state index in [9.17, 15) is 9.59 Å². The highest BCUT2D eigenvalue weighted by molar-refractivity contribution is 7.13. The molecule has 35 heavy (non-hydrogen) atoms. The summed E-state index contributed by atoms with van der Waals surface area (Å²) in [5.74, 6) is 0.979. The Kier molecular flexibility index (Phi) is 6.21. The number of benzene rings is 3. The Morgan fingerprint density at radius 3 is 2.74 bits per heavy atom. The highest BCUT2D eigenvalue weighted by Gasteiger charge is 2.44. The molecule has 1 N–H and O–H groups in total. The second-order valence-electron chi connectivity index (χ2n) is 8.74. The zero-order valence-corrected chi connectivity index (χ0v) is 20.8. The van der Waals surface area contributed by atoms with E-state index in [1.807, 2.05) is 54.6 Å². The number of aryl methyl sites for hydroxylation is 1. The van der Waals surface area contributed by atoms with E-state index in [2.05, 4.69) is 22.7 Å². The van der Waals surface area contributed by atoms with Gasteiger partial charge in [-0.3, -0.25) is 10.1 Å². The monoisotopic (exact) mass is 506 g/mol. The summed E-state index contributed by atoms with van der Waals surface area (Å²) in [6.45, 7) is 3.74. The molecule has 1 aliphatic rings. The van der Waals surface area contributed by atoms with Crippen LogP contribution in [0.25, 0.3) is 21.3 Å². The number of hydrogen-bond acceptors (Lipinski definition) is 6. The number of aromatic nitrogens is 1. The molecule has 5 rings (SSSR count). The number of rotatable bonds is 7. The maximum absolute atomic E-state index is 12.1. The van der Waals surface area contributed by atoms with Crippen LogP contribution in [0.3, 0.4) is 0 Å². The van der Waals surface area contributed by atoms with Crippen molar-refractivity contribution >= 4 is 45.2 Å². The third-order valence-electron chi connectivity index (χ3n) is 5.97. The van der Waals surface area contributed by atoms with Crippen molar-refractivity contribution in [1.82, 2.24) is 9.69 Å². The number of hydrogen-bond donors (Lipinski definition) is 1. The number of nitrogens with zero attached hydrogens (tertiary/aromatic N) is 1. The standard InChI is InChI=1S/C27H23ClN2O4S/c1-3-5-17-13-18(24-21-10-9-19(28)14-23(21)35-30-24)8-11-22(17)33-20-7-4-6-16(12-20)15-27(2)25(31)29-26(32)34-27/h4,6-14H,3,5,15H2,1-2H3,(H,29,31,32)/t27-/m1/s1. The molecule has 6 nitrogen and oxygen atoms in total. The zero-order valence-electron chi connectivity index (χ0n) is 19.3. The third-order valence-corrected chi connectivity index (χ3v) is 7.01. The average Bonchev–Trinajstić information content (AvgIpc) is 3.34. The van der Waals surface area contributed by atoms with Crippen LogP contribution < -0.4 is 10.1 Å². The van der Waals surface area contributed by atoms with Crippen LogP contribution in [0.15, 0.2) is 60.7 Å². The highest BCUT2D eigenvalue weighted by atomic mass is 35.5. The predicted octanol–water partition coefficient (Wildman–Crippen LogP) is 6.93. The number of alkyl carbamates (subject to hydrolysis) is 1. The molecule has 0 unspecified atom stereocenters. The van der Waals surface area contributed by atoms with E-state index in [0.717, 1.165) is 51.1 Å². The SMILES string of the molecule is CCCc1cc(-c2nsc3cc(Cl)ccc23)ccc1Oc1cccc(C[C@@]2(C)OC(=O)NC2=O)c1. The second kappa shape index (κ2) is 9.32. The Morgan fingerprint density at radius 1 is 1.11 bits per heavy atom. The minimum atomic E-state index is -1.23. The largest absolute Gasteiger partial charge is 0.457 e. The Hall–Kier alpha value is -3.42. The average molecular weight is 507 g/mol. The number of nitrogens with one attached hydrogen (secondary N) is 1. The minimum absolute atomic E-state index is 0.253. The molecule has 1 atom stereocenters. The number of amides is 2. The number of fused-ring (bicyclic) bond motifs is 1. The molecular weight excluding hydrogens is 484 g/mol. The van der Waals surface area contributed by atoms with E-state index in [1.165, 1.54) is 11.5 Å². The van der Waals surface area contributed by atoms with Crippen LogP contribution in [0.1, 0.15) is 31.4 Å². The summed E-state index contributed by atoms with van der Waals surface area (Å²) in [7, 11) is 0. The molecule has 3 aromatic carbocycles. The molecule has 8 heteroatoms. The predicted molar refractivity (Wildman–Crippen MR) is 137 cm³/mol. The molecule has 178 valence electrons. The maximum atomic E-state index is 12.1. The van der Waals surface area contributed by atoms with Gasteiger partial charge in [0.1, 0.15) is 11.5 Å².